The van der Waals surface area contributed by atoms with Gasteiger partial charge in [-0.3, -0.25) is 9.59 Å². The zero-order chi connectivity index (χ0) is 17.1. The van der Waals surface area contributed by atoms with Crippen LogP contribution in [0.15, 0.2) is 35.7 Å². The molecule has 1 fully saturated rings. The number of aliphatic hydroxyl groups excluding tert-OH is 1. The molecule has 1 heterocycles. The second kappa shape index (κ2) is 7.15. The zero-order valence-electron chi connectivity index (χ0n) is 13.2. The van der Waals surface area contributed by atoms with Gasteiger partial charge in [-0.05, 0) is 54.8 Å². The molecule has 1 saturated carbocycles. The number of carbonyl (C=O) groups excluding carboxylic acids is 2. The lowest BCUT2D eigenvalue weighted by Gasteiger charge is -2.26. The first-order chi connectivity index (χ1) is 11.5. The van der Waals surface area contributed by atoms with Crippen molar-refractivity contribution in [3.63, 3.8) is 0 Å². The lowest BCUT2D eigenvalue weighted by atomic mass is 9.93. The summed E-state index contributed by atoms with van der Waals surface area (Å²) in [6.07, 6.45) is 2.79. The van der Waals surface area contributed by atoms with E-state index in [4.69, 9.17) is 5.73 Å². The number of benzene rings is 1. The van der Waals surface area contributed by atoms with Crippen molar-refractivity contribution in [2.75, 3.05) is 0 Å². The smallest absolute Gasteiger partial charge is 0.259 e. The van der Waals surface area contributed by atoms with E-state index in [1.807, 2.05) is 17.5 Å². The van der Waals surface area contributed by atoms with Crippen LogP contribution < -0.4 is 11.1 Å². The highest BCUT2D eigenvalue weighted by Gasteiger charge is 2.21. The highest BCUT2D eigenvalue weighted by molar-refractivity contribution is 7.12. The van der Waals surface area contributed by atoms with E-state index in [0.717, 1.165) is 36.8 Å². The van der Waals surface area contributed by atoms with Gasteiger partial charge in [0.25, 0.3) is 11.8 Å². The molecule has 4 N–H and O–H groups in total. The summed E-state index contributed by atoms with van der Waals surface area (Å²) in [6, 6.07) is 9.14. The number of hydrogen-bond donors (Lipinski definition) is 3. The summed E-state index contributed by atoms with van der Waals surface area (Å²) < 4.78 is 0. The molecule has 0 atom stereocenters. The van der Waals surface area contributed by atoms with Crippen molar-refractivity contribution in [1.82, 2.24) is 5.32 Å². The fourth-order valence-electron chi connectivity index (χ4n) is 3.04. The van der Waals surface area contributed by atoms with E-state index >= 15 is 0 Å². The van der Waals surface area contributed by atoms with Gasteiger partial charge in [0.1, 0.15) is 0 Å². The summed E-state index contributed by atoms with van der Waals surface area (Å²) in [7, 11) is 0. The van der Waals surface area contributed by atoms with Crippen LogP contribution in [0.2, 0.25) is 0 Å². The molecule has 1 aliphatic rings. The maximum absolute atomic E-state index is 12.5. The van der Waals surface area contributed by atoms with Crippen molar-refractivity contribution in [2.45, 2.75) is 37.8 Å². The van der Waals surface area contributed by atoms with Crippen molar-refractivity contribution in [3.05, 3.63) is 46.2 Å². The molecule has 1 aromatic heterocycles. The number of carbonyl (C=O) groups is 2. The quantitative estimate of drug-likeness (QED) is 0.796. The minimum atomic E-state index is -0.462. The standard InChI is InChI=1S/C18H20N2O3S/c19-17(22)16-15(8-9-24-16)11-2-1-3-12(10-11)18(23)20-13-4-6-14(21)7-5-13/h1-3,8-10,13-14,21H,4-7H2,(H2,19,22)(H,20,23). The average molecular weight is 344 g/mol. The molecule has 0 aliphatic heterocycles. The third kappa shape index (κ3) is 3.66. The first kappa shape index (κ1) is 16.7. The highest BCUT2D eigenvalue weighted by Crippen LogP contribution is 2.28. The van der Waals surface area contributed by atoms with Crippen molar-refractivity contribution >= 4 is 23.2 Å². The summed E-state index contributed by atoms with van der Waals surface area (Å²) in [6.45, 7) is 0. The van der Waals surface area contributed by atoms with E-state index in [-0.39, 0.29) is 18.1 Å². The van der Waals surface area contributed by atoms with Gasteiger partial charge in [0.2, 0.25) is 0 Å². The van der Waals surface area contributed by atoms with Crippen LogP contribution in [-0.2, 0) is 0 Å². The van der Waals surface area contributed by atoms with Gasteiger partial charge in [-0.25, -0.2) is 0 Å². The van der Waals surface area contributed by atoms with Crippen molar-refractivity contribution in [3.8, 4) is 11.1 Å². The lowest BCUT2D eigenvalue weighted by Crippen LogP contribution is -2.38. The van der Waals surface area contributed by atoms with Gasteiger partial charge in [0.05, 0.1) is 11.0 Å². The minimum absolute atomic E-state index is 0.104. The minimum Gasteiger partial charge on any atom is -0.393 e. The maximum atomic E-state index is 12.5. The third-order valence-electron chi connectivity index (χ3n) is 4.36. The first-order valence-electron chi connectivity index (χ1n) is 8.01. The number of nitrogens with one attached hydrogen (secondary N) is 1. The van der Waals surface area contributed by atoms with Gasteiger partial charge < -0.3 is 16.2 Å². The number of rotatable bonds is 4. The fraction of sp³-hybridized carbons (Fsp3) is 0.333. The zero-order valence-corrected chi connectivity index (χ0v) is 14.0. The lowest BCUT2D eigenvalue weighted by molar-refractivity contribution is 0.0867. The molecule has 5 nitrogen and oxygen atoms in total. The van der Waals surface area contributed by atoms with Gasteiger partial charge >= 0.3 is 0 Å². The van der Waals surface area contributed by atoms with Crippen LogP contribution in [0, 0.1) is 0 Å². The molecule has 1 aromatic carbocycles. The topological polar surface area (TPSA) is 92.4 Å². The van der Waals surface area contributed by atoms with Crippen molar-refractivity contribution < 1.29 is 14.7 Å². The van der Waals surface area contributed by atoms with Crippen LogP contribution in [0.4, 0.5) is 0 Å². The van der Waals surface area contributed by atoms with Crippen LogP contribution in [0.1, 0.15) is 45.7 Å². The molecule has 0 spiro atoms. The number of thiophene rings is 1. The maximum Gasteiger partial charge on any atom is 0.259 e. The molecule has 3 rings (SSSR count). The largest absolute Gasteiger partial charge is 0.393 e. The van der Waals surface area contributed by atoms with Crippen LogP contribution >= 0.6 is 11.3 Å². The Kier molecular flexibility index (Phi) is 4.97. The molecule has 0 radical (unpaired) electrons. The van der Waals surface area contributed by atoms with Crippen molar-refractivity contribution in [1.29, 1.82) is 0 Å². The Labute approximate surface area is 144 Å². The van der Waals surface area contributed by atoms with Crippen LogP contribution in [0.3, 0.4) is 0 Å². The molecule has 2 aromatic rings. The Morgan fingerprint density at radius 3 is 2.62 bits per heavy atom. The van der Waals surface area contributed by atoms with Crippen LogP contribution in [0.5, 0.6) is 0 Å². The van der Waals surface area contributed by atoms with Crippen molar-refractivity contribution in [2.24, 2.45) is 5.73 Å². The molecule has 0 unspecified atom stereocenters. The predicted octanol–water partition coefficient (Wildman–Crippen LogP) is 2.55. The highest BCUT2D eigenvalue weighted by atomic mass is 32.1. The number of amides is 2. The third-order valence-corrected chi connectivity index (χ3v) is 5.29. The summed E-state index contributed by atoms with van der Waals surface area (Å²) >= 11 is 1.30. The monoisotopic (exact) mass is 344 g/mol. The van der Waals surface area contributed by atoms with E-state index in [2.05, 4.69) is 5.32 Å². The SMILES string of the molecule is NC(=O)c1sccc1-c1cccc(C(=O)NC2CCC(O)CC2)c1. The molecular formula is C18H20N2O3S. The Balaban J connectivity index is 1.76. The van der Waals surface area contributed by atoms with Crippen LogP contribution in [-0.4, -0.2) is 29.1 Å². The van der Waals surface area contributed by atoms with E-state index in [1.165, 1.54) is 11.3 Å². The Morgan fingerprint density at radius 2 is 1.92 bits per heavy atom. The summed E-state index contributed by atoms with van der Waals surface area (Å²) in [5.74, 6) is -0.593. The molecule has 24 heavy (non-hydrogen) atoms. The second-order valence-electron chi connectivity index (χ2n) is 6.09. The molecule has 0 saturated heterocycles. The Bertz CT molecular complexity index is 748. The average Bonchev–Trinajstić information content (AvgIpc) is 3.07. The molecule has 126 valence electrons. The predicted molar refractivity (Wildman–Crippen MR) is 94.0 cm³/mol. The summed E-state index contributed by atoms with van der Waals surface area (Å²) in [4.78, 5) is 24.5. The number of hydrogen-bond acceptors (Lipinski definition) is 4. The molecule has 6 heteroatoms. The molecule has 0 bridgehead atoms. The fourth-order valence-corrected chi connectivity index (χ4v) is 3.81. The van der Waals surface area contributed by atoms with E-state index in [9.17, 15) is 14.7 Å². The number of nitrogens with two attached hydrogens (primary N) is 1. The van der Waals surface area contributed by atoms with Gasteiger partial charge in [-0.1, -0.05) is 12.1 Å². The van der Waals surface area contributed by atoms with Gasteiger partial charge in [-0.15, -0.1) is 11.3 Å². The Hall–Kier alpha value is -2.18. The van der Waals surface area contributed by atoms with Gasteiger partial charge in [0, 0.05) is 17.2 Å². The summed E-state index contributed by atoms with van der Waals surface area (Å²) in [5.41, 5.74) is 7.51. The number of primary amides is 1. The summed E-state index contributed by atoms with van der Waals surface area (Å²) in [5, 5.41) is 14.4. The molecule has 2 amide bonds. The molecular weight excluding hydrogens is 324 g/mol. The van der Waals surface area contributed by atoms with E-state index in [0.29, 0.717) is 10.4 Å². The van der Waals surface area contributed by atoms with Crippen LogP contribution in [0.25, 0.3) is 11.1 Å². The normalized spacial score (nSPS) is 20.5. The first-order valence-corrected chi connectivity index (χ1v) is 8.89. The van der Waals surface area contributed by atoms with E-state index < -0.39 is 5.91 Å². The second-order valence-corrected chi connectivity index (χ2v) is 7.00. The Morgan fingerprint density at radius 1 is 1.17 bits per heavy atom. The number of aliphatic hydroxyl groups is 1. The molecule has 1 aliphatic carbocycles. The van der Waals surface area contributed by atoms with Gasteiger partial charge in [-0.2, -0.15) is 0 Å². The van der Waals surface area contributed by atoms with E-state index in [1.54, 1.807) is 18.2 Å². The van der Waals surface area contributed by atoms with Gasteiger partial charge in [0.15, 0.2) is 0 Å².